The number of nitrogens with one attached hydrogen (secondary N) is 1. The molecule has 8 heteroatoms. The van der Waals surface area contributed by atoms with Crippen molar-refractivity contribution in [3.8, 4) is 11.5 Å². The Bertz CT molecular complexity index is 1040. The van der Waals surface area contributed by atoms with E-state index in [1.165, 1.54) is 6.21 Å². The standard InChI is InChI=1S/C22H17BrCl2N2O3/c23-17-10-8-15(9-11-17)13-29-19-6-2-1-4-16(19)12-26-27-21(28)14-30-20-7-3-5-18(24)22(20)25/h1-12H,13-14H2,(H,27,28). The molecule has 0 heterocycles. The number of ether oxygens (including phenoxy) is 2. The van der Waals surface area contributed by atoms with Gasteiger partial charge in [0.05, 0.1) is 11.2 Å². The van der Waals surface area contributed by atoms with Crippen LogP contribution < -0.4 is 14.9 Å². The lowest BCUT2D eigenvalue weighted by Crippen LogP contribution is -2.24. The third-order valence-electron chi connectivity index (χ3n) is 3.89. The van der Waals surface area contributed by atoms with E-state index in [1.54, 1.807) is 18.2 Å². The molecule has 3 aromatic rings. The molecule has 0 fully saturated rings. The van der Waals surface area contributed by atoms with Crippen LogP contribution in [-0.4, -0.2) is 18.7 Å². The zero-order valence-corrected chi connectivity index (χ0v) is 18.7. The van der Waals surface area contributed by atoms with Crippen LogP contribution in [0, 0.1) is 0 Å². The van der Waals surface area contributed by atoms with Crippen molar-refractivity contribution in [2.75, 3.05) is 6.61 Å². The van der Waals surface area contributed by atoms with E-state index in [1.807, 2.05) is 48.5 Å². The largest absolute Gasteiger partial charge is 0.488 e. The topological polar surface area (TPSA) is 59.9 Å². The highest BCUT2D eigenvalue weighted by Crippen LogP contribution is 2.31. The minimum Gasteiger partial charge on any atom is -0.488 e. The second kappa shape index (κ2) is 11.0. The van der Waals surface area contributed by atoms with Crippen LogP contribution in [0.4, 0.5) is 0 Å². The molecule has 0 spiro atoms. The first-order valence-corrected chi connectivity index (χ1v) is 10.4. The van der Waals surface area contributed by atoms with E-state index in [0.29, 0.717) is 23.1 Å². The number of hydrazone groups is 1. The number of rotatable bonds is 8. The number of benzene rings is 3. The van der Waals surface area contributed by atoms with Crippen molar-refractivity contribution in [1.29, 1.82) is 0 Å². The molecule has 5 nitrogen and oxygen atoms in total. The number of carbonyl (C=O) groups is 1. The molecule has 1 N–H and O–H groups in total. The van der Waals surface area contributed by atoms with Gasteiger partial charge in [-0.1, -0.05) is 69.5 Å². The smallest absolute Gasteiger partial charge is 0.277 e. The molecular formula is C22H17BrCl2N2O3. The van der Waals surface area contributed by atoms with E-state index in [-0.39, 0.29) is 11.6 Å². The van der Waals surface area contributed by atoms with Crippen molar-refractivity contribution in [2.45, 2.75) is 6.61 Å². The zero-order chi connectivity index (χ0) is 21.3. The molecule has 0 saturated heterocycles. The fourth-order valence-electron chi connectivity index (χ4n) is 2.41. The van der Waals surface area contributed by atoms with Crippen LogP contribution in [0.15, 0.2) is 76.3 Å². The van der Waals surface area contributed by atoms with E-state index >= 15 is 0 Å². The molecule has 0 aliphatic rings. The first-order valence-electron chi connectivity index (χ1n) is 8.88. The average molecular weight is 508 g/mol. The number of carbonyl (C=O) groups excluding carboxylic acids is 1. The van der Waals surface area contributed by atoms with Crippen molar-refractivity contribution in [3.05, 3.63) is 92.4 Å². The van der Waals surface area contributed by atoms with Gasteiger partial charge in [0.15, 0.2) is 6.61 Å². The van der Waals surface area contributed by atoms with Crippen LogP contribution in [0.3, 0.4) is 0 Å². The third kappa shape index (κ3) is 6.49. The van der Waals surface area contributed by atoms with Gasteiger partial charge in [-0.05, 0) is 42.0 Å². The van der Waals surface area contributed by atoms with Gasteiger partial charge in [0.2, 0.25) is 0 Å². The lowest BCUT2D eigenvalue weighted by atomic mass is 10.2. The fourth-order valence-corrected chi connectivity index (χ4v) is 3.02. The summed E-state index contributed by atoms with van der Waals surface area (Å²) in [5, 5.41) is 4.58. The van der Waals surface area contributed by atoms with E-state index in [0.717, 1.165) is 15.6 Å². The second-order valence-corrected chi connectivity index (χ2v) is 7.79. The predicted octanol–water partition coefficient (Wildman–Crippen LogP) is 5.86. The van der Waals surface area contributed by atoms with Gasteiger partial charge in [-0.2, -0.15) is 5.10 Å². The Morgan fingerprint density at radius 2 is 1.70 bits per heavy atom. The van der Waals surface area contributed by atoms with Crippen LogP contribution in [0.1, 0.15) is 11.1 Å². The summed E-state index contributed by atoms with van der Waals surface area (Å²) >= 11 is 15.4. The maximum atomic E-state index is 12.0. The lowest BCUT2D eigenvalue weighted by molar-refractivity contribution is -0.123. The van der Waals surface area contributed by atoms with Gasteiger partial charge in [0.1, 0.15) is 23.1 Å². The minimum absolute atomic E-state index is 0.251. The van der Waals surface area contributed by atoms with Crippen LogP contribution in [0.25, 0.3) is 0 Å². The van der Waals surface area contributed by atoms with Gasteiger partial charge < -0.3 is 9.47 Å². The molecule has 0 aliphatic heterocycles. The number of halogens is 3. The highest BCUT2D eigenvalue weighted by molar-refractivity contribution is 9.10. The SMILES string of the molecule is O=C(COc1cccc(Cl)c1Cl)NN=Cc1ccccc1OCc1ccc(Br)cc1. The summed E-state index contributed by atoms with van der Waals surface area (Å²) in [7, 11) is 0. The normalized spacial score (nSPS) is 10.8. The van der Waals surface area contributed by atoms with E-state index in [4.69, 9.17) is 32.7 Å². The molecule has 0 radical (unpaired) electrons. The molecule has 30 heavy (non-hydrogen) atoms. The monoisotopic (exact) mass is 506 g/mol. The molecule has 154 valence electrons. The first kappa shape index (κ1) is 22.2. The van der Waals surface area contributed by atoms with Crippen LogP contribution in [0.2, 0.25) is 10.0 Å². The Balaban J connectivity index is 1.53. The Hall–Kier alpha value is -2.54. The molecule has 3 rings (SSSR count). The van der Waals surface area contributed by atoms with Crippen molar-refractivity contribution in [3.63, 3.8) is 0 Å². The van der Waals surface area contributed by atoms with Gasteiger partial charge in [0, 0.05) is 10.0 Å². The Morgan fingerprint density at radius 3 is 2.50 bits per heavy atom. The van der Waals surface area contributed by atoms with Gasteiger partial charge in [-0.3, -0.25) is 4.79 Å². The predicted molar refractivity (Wildman–Crippen MR) is 123 cm³/mol. The Morgan fingerprint density at radius 1 is 0.967 bits per heavy atom. The first-order chi connectivity index (χ1) is 14.5. The quantitative estimate of drug-likeness (QED) is 0.306. The Kier molecular flexibility index (Phi) is 8.13. The molecule has 3 aromatic carbocycles. The van der Waals surface area contributed by atoms with Crippen molar-refractivity contribution in [1.82, 2.24) is 5.43 Å². The molecule has 0 saturated carbocycles. The maximum absolute atomic E-state index is 12.0. The number of hydrogen-bond donors (Lipinski definition) is 1. The van der Waals surface area contributed by atoms with E-state index in [2.05, 4.69) is 26.5 Å². The van der Waals surface area contributed by atoms with Gasteiger partial charge in [0.25, 0.3) is 5.91 Å². The molecular weight excluding hydrogens is 491 g/mol. The van der Waals surface area contributed by atoms with Gasteiger partial charge in [-0.25, -0.2) is 5.43 Å². The van der Waals surface area contributed by atoms with Crippen LogP contribution in [0.5, 0.6) is 11.5 Å². The summed E-state index contributed by atoms with van der Waals surface area (Å²) in [5.41, 5.74) is 4.18. The summed E-state index contributed by atoms with van der Waals surface area (Å²) < 4.78 is 12.3. The van der Waals surface area contributed by atoms with Crippen molar-refractivity contribution >= 4 is 51.3 Å². The number of amides is 1. The number of hydrogen-bond acceptors (Lipinski definition) is 4. The molecule has 0 aliphatic carbocycles. The highest BCUT2D eigenvalue weighted by atomic mass is 79.9. The minimum atomic E-state index is -0.435. The van der Waals surface area contributed by atoms with Gasteiger partial charge in [-0.15, -0.1) is 0 Å². The van der Waals surface area contributed by atoms with Crippen LogP contribution in [-0.2, 0) is 11.4 Å². The lowest BCUT2D eigenvalue weighted by Gasteiger charge is -2.09. The molecule has 0 bridgehead atoms. The summed E-state index contributed by atoms with van der Waals surface area (Å²) in [5.74, 6) is 0.547. The summed E-state index contributed by atoms with van der Waals surface area (Å²) in [6.45, 7) is 0.165. The average Bonchev–Trinajstić information content (AvgIpc) is 2.75. The van der Waals surface area contributed by atoms with Crippen LogP contribution >= 0.6 is 39.1 Å². The number of para-hydroxylation sites is 1. The molecule has 1 amide bonds. The molecule has 0 aromatic heterocycles. The maximum Gasteiger partial charge on any atom is 0.277 e. The summed E-state index contributed by atoms with van der Waals surface area (Å²) in [6.07, 6.45) is 1.52. The van der Waals surface area contributed by atoms with Gasteiger partial charge >= 0.3 is 0 Å². The van der Waals surface area contributed by atoms with Crippen molar-refractivity contribution < 1.29 is 14.3 Å². The Labute approximate surface area is 192 Å². The zero-order valence-electron chi connectivity index (χ0n) is 15.6. The number of nitrogens with zero attached hydrogens (tertiary/aromatic N) is 1. The molecule has 0 atom stereocenters. The molecule has 0 unspecified atom stereocenters. The summed E-state index contributed by atoms with van der Waals surface area (Å²) in [4.78, 5) is 12.0. The van der Waals surface area contributed by atoms with E-state index < -0.39 is 5.91 Å². The third-order valence-corrected chi connectivity index (χ3v) is 5.22. The highest BCUT2D eigenvalue weighted by Gasteiger charge is 2.08. The fraction of sp³-hybridized carbons (Fsp3) is 0.0909. The van der Waals surface area contributed by atoms with E-state index in [9.17, 15) is 4.79 Å². The summed E-state index contributed by atoms with van der Waals surface area (Å²) in [6, 6.07) is 20.2. The second-order valence-electron chi connectivity index (χ2n) is 6.09. The van der Waals surface area contributed by atoms with Crippen molar-refractivity contribution in [2.24, 2.45) is 5.10 Å².